The molecule has 0 aromatic carbocycles. The number of aliphatic hydroxyl groups excluding tert-OH is 1. The minimum absolute atomic E-state index is 0.00463. The van der Waals surface area contributed by atoms with E-state index in [2.05, 4.69) is 5.32 Å². The molecule has 0 radical (unpaired) electrons. The molecule has 1 saturated carbocycles. The van der Waals surface area contributed by atoms with E-state index in [0.29, 0.717) is 12.0 Å². The van der Waals surface area contributed by atoms with Gasteiger partial charge in [-0.2, -0.15) is 0 Å². The highest BCUT2D eigenvalue weighted by molar-refractivity contribution is 4.90. The summed E-state index contributed by atoms with van der Waals surface area (Å²) >= 11 is 0. The molecule has 0 spiro atoms. The second-order valence-electron chi connectivity index (χ2n) is 3.25. The van der Waals surface area contributed by atoms with Crippen molar-refractivity contribution in [1.29, 1.82) is 0 Å². The average molecular weight is 127 g/mol. The predicted octanol–water partition coefficient (Wildman–Crippen LogP) is 0.119. The Morgan fingerprint density at radius 1 is 1.33 bits per heavy atom. The van der Waals surface area contributed by atoms with Gasteiger partial charge >= 0.3 is 0 Å². The molecule has 2 aliphatic heterocycles. The topological polar surface area (TPSA) is 32.3 Å². The molecule has 2 heterocycles. The quantitative estimate of drug-likeness (QED) is 0.484. The van der Waals surface area contributed by atoms with E-state index < -0.39 is 0 Å². The Bertz CT molecular complexity index is 107. The normalized spacial score (nSPS) is 49.7. The van der Waals surface area contributed by atoms with E-state index in [-0.39, 0.29) is 6.10 Å². The highest BCUT2D eigenvalue weighted by Crippen LogP contribution is 2.28. The summed E-state index contributed by atoms with van der Waals surface area (Å²) in [6, 6.07) is 0.630. The lowest BCUT2D eigenvalue weighted by molar-refractivity contribution is 0.0228. The molecule has 52 valence electrons. The molecule has 0 aromatic heterocycles. The Balaban J connectivity index is 2.06. The number of nitrogens with one attached hydrogen (secondary N) is 1. The van der Waals surface area contributed by atoms with E-state index in [0.717, 1.165) is 13.0 Å². The number of fused-ring (bicyclic) bond motifs is 3. The van der Waals surface area contributed by atoms with E-state index in [4.69, 9.17) is 0 Å². The van der Waals surface area contributed by atoms with E-state index in [9.17, 15) is 5.11 Å². The fourth-order valence-electron chi connectivity index (χ4n) is 1.95. The van der Waals surface area contributed by atoms with Gasteiger partial charge in [-0.05, 0) is 25.2 Å². The lowest BCUT2D eigenvalue weighted by atomic mass is 9.79. The summed E-state index contributed by atoms with van der Waals surface area (Å²) in [5.74, 6) is 0.565. The molecular formula is C7H13NO. The molecule has 3 fully saturated rings. The molecule has 1 unspecified atom stereocenters. The Morgan fingerprint density at radius 2 is 2.22 bits per heavy atom. The van der Waals surface area contributed by atoms with Crippen molar-refractivity contribution in [3.63, 3.8) is 0 Å². The number of aliphatic hydroxyl groups is 1. The molecule has 9 heavy (non-hydrogen) atoms. The molecule has 2 bridgehead atoms. The van der Waals surface area contributed by atoms with Crippen LogP contribution in [0, 0.1) is 5.92 Å². The third kappa shape index (κ3) is 0.864. The van der Waals surface area contributed by atoms with Gasteiger partial charge in [0, 0.05) is 12.6 Å². The van der Waals surface area contributed by atoms with Crippen molar-refractivity contribution in [2.75, 3.05) is 6.54 Å². The van der Waals surface area contributed by atoms with Crippen molar-refractivity contribution in [1.82, 2.24) is 5.32 Å². The Kier molecular flexibility index (Phi) is 1.24. The first-order valence-corrected chi connectivity index (χ1v) is 3.78. The molecular weight excluding hydrogens is 114 g/mol. The third-order valence-corrected chi connectivity index (χ3v) is 2.62. The van der Waals surface area contributed by atoms with Crippen LogP contribution >= 0.6 is 0 Å². The van der Waals surface area contributed by atoms with Crippen LogP contribution in [-0.4, -0.2) is 23.8 Å². The molecule has 1 aliphatic carbocycles. The maximum atomic E-state index is 9.36. The van der Waals surface area contributed by atoms with Crippen molar-refractivity contribution in [2.24, 2.45) is 5.92 Å². The smallest absolute Gasteiger partial charge is 0.0595 e. The zero-order valence-corrected chi connectivity index (χ0v) is 5.51. The van der Waals surface area contributed by atoms with Crippen LogP contribution in [0.5, 0.6) is 0 Å². The Hall–Kier alpha value is -0.0800. The van der Waals surface area contributed by atoms with E-state index in [1.807, 2.05) is 0 Å². The van der Waals surface area contributed by atoms with Crippen molar-refractivity contribution in [3.05, 3.63) is 0 Å². The maximum absolute atomic E-state index is 9.36. The van der Waals surface area contributed by atoms with Gasteiger partial charge in [0.2, 0.25) is 0 Å². The second kappa shape index (κ2) is 1.96. The molecule has 0 amide bonds. The Labute approximate surface area is 55.3 Å². The van der Waals surface area contributed by atoms with Gasteiger partial charge in [-0.25, -0.2) is 0 Å². The monoisotopic (exact) mass is 127 g/mol. The molecule has 2 saturated heterocycles. The lowest BCUT2D eigenvalue weighted by Gasteiger charge is -2.40. The van der Waals surface area contributed by atoms with Crippen LogP contribution in [0.4, 0.5) is 0 Å². The summed E-state index contributed by atoms with van der Waals surface area (Å²) in [7, 11) is 0. The van der Waals surface area contributed by atoms with E-state index in [1.54, 1.807) is 0 Å². The third-order valence-electron chi connectivity index (χ3n) is 2.62. The van der Waals surface area contributed by atoms with Gasteiger partial charge in [-0.15, -0.1) is 0 Å². The van der Waals surface area contributed by atoms with Gasteiger partial charge < -0.3 is 10.4 Å². The van der Waals surface area contributed by atoms with Gasteiger partial charge in [-0.1, -0.05) is 0 Å². The fourth-order valence-corrected chi connectivity index (χ4v) is 1.95. The highest BCUT2D eigenvalue weighted by atomic mass is 16.3. The summed E-state index contributed by atoms with van der Waals surface area (Å²) in [5, 5.41) is 12.7. The van der Waals surface area contributed by atoms with Crippen molar-refractivity contribution in [3.8, 4) is 0 Å². The van der Waals surface area contributed by atoms with Crippen molar-refractivity contribution >= 4 is 0 Å². The molecule has 2 nitrogen and oxygen atoms in total. The van der Waals surface area contributed by atoms with Crippen LogP contribution in [0.3, 0.4) is 0 Å². The van der Waals surface area contributed by atoms with Gasteiger partial charge in [-0.3, -0.25) is 0 Å². The van der Waals surface area contributed by atoms with Gasteiger partial charge in [0.15, 0.2) is 0 Å². The maximum Gasteiger partial charge on any atom is 0.0595 e. The van der Waals surface area contributed by atoms with Crippen LogP contribution in [0.1, 0.15) is 19.3 Å². The summed E-state index contributed by atoms with van der Waals surface area (Å²) in [4.78, 5) is 0. The summed E-state index contributed by atoms with van der Waals surface area (Å²) in [5.41, 5.74) is 0. The van der Waals surface area contributed by atoms with Crippen LogP contribution in [-0.2, 0) is 0 Å². The first kappa shape index (κ1) is 5.69. The SMILES string of the molecule is O[C@@H]1CC2CC[C@@H]1CN2. The standard InChI is InChI=1S/C7H13NO/c9-7-3-6-2-1-5(7)4-8-6/h5-9H,1-4H2/t5-,6?,7-/m1/s1. The van der Waals surface area contributed by atoms with Crippen LogP contribution in [0.15, 0.2) is 0 Å². The molecule has 3 rings (SSSR count). The van der Waals surface area contributed by atoms with Crippen LogP contribution < -0.4 is 5.32 Å². The van der Waals surface area contributed by atoms with Crippen LogP contribution in [0.2, 0.25) is 0 Å². The first-order valence-electron chi connectivity index (χ1n) is 3.78. The highest BCUT2D eigenvalue weighted by Gasteiger charge is 2.33. The number of piperidine rings is 2. The first-order chi connectivity index (χ1) is 4.36. The van der Waals surface area contributed by atoms with Gasteiger partial charge in [0.1, 0.15) is 0 Å². The lowest BCUT2D eigenvalue weighted by Crippen LogP contribution is -2.51. The molecule has 0 aromatic rings. The second-order valence-corrected chi connectivity index (χ2v) is 3.25. The number of hydrogen-bond donors (Lipinski definition) is 2. The summed E-state index contributed by atoms with van der Waals surface area (Å²) < 4.78 is 0. The minimum atomic E-state index is 0.00463. The largest absolute Gasteiger partial charge is 0.393 e. The number of rotatable bonds is 0. The minimum Gasteiger partial charge on any atom is -0.393 e. The molecule has 3 aliphatic rings. The molecule has 3 atom stereocenters. The average Bonchev–Trinajstić information content (AvgIpc) is 1.90. The van der Waals surface area contributed by atoms with Crippen molar-refractivity contribution < 1.29 is 5.11 Å². The fraction of sp³-hybridized carbons (Fsp3) is 1.00. The van der Waals surface area contributed by atoms with Crippen molar-refractivity contribution in [2.45, 2.75) is 31.4 Å². The molecule has 2 N–H and O–H groups in total. The van der Waals surface area contributed by atoms with E-state index >= 15 is 0 Å². The predicted molar refractivity (Wildman–Crippen MR) is 35.1 cm³/mol. The number of hydrogen-bond acceptors (Lipinski definition) is 2. The zero-order valence-electron chi connectivity index (χ0n) is 5.51. The zero-order chi connectivity index (χ0) is 6.27. The van der Waals surface area contributed by atoms with E-state index in [1.165, 1.54) is 12.8 Å². The van der Waals surface area contributed by atoms with Gasteiger partial charge in [0.05, 0.1) is 6.10 Å². The summed E-state index contributed by atoms with van der Waals surface area (Å²) in [6.07, 6.45) is 3.51. The molecule has 2 heteroatoms. The Morgan fingerprint density at radius 3 is 2.44 bits per heavy atom. The van der Waals surface area contributed by atoms with Crippen LogP contribution in [0.25, 0.3) is 0 Å². The summed E-state index contributed by atoms with van der Waals surface area (Å²) in [6.45, 7) is 1.05. The van der Waals surface area contributed by atoms with Gasteiger partial charge in [0.25, 0.3) is 0 Å².